The van der Waals surface area contributed by atoms with Crippen LogP contribution in [-0.2, 0) is 0 Å². The quantitative estimate of drug-likeness (QED) is 0.712. The van der Waals surface area contributed by atoms with Gasteiger partial charge in [0.25, 0.3) is 5.91 Å². The fourth-order valence-electron chi connectivity index (χ4n) is 3.60. The lowest BCUT2D eigenvalue weighted by molar-refractivity contribution is 0.0751. The first-order valence-corrected chi connectivity index (χ1v) is 9.72. The Balaban J connectivity index is 1.51. The Hall–Kier alpha value is -2.60. The topological polar surface area (TPSA) is 41.4 Å². The van der Waals surface area contributed by atoms with Crippen LogP contribution in [0.5, 0.6) is 0 Å². The molecule has 3 aromatic rings. The molecule has 0 aliphatic carbocycles. The van der Waals surface area contributed by atoms with E-state index in [0.29, 0.717) is 0 Å². The van der Waals surface area contributed by atoms with Gasteiger partial charge in [-0.15, -0.1) is 11.3 Å². The summed E-state index contributed by atoms with van der Waals surface area (Å²) in [6.07, 6.45) is 0. The highest BCUT2D eigenvalue weighted by Crippen LogP contribution is 2.28. The van der Waals surface area contributed by atoms with Gasteiger partial charge < -0.3 is 9.80 Å². The van der Waals surface area contributed by atoms with Gasteiger partial charge in [-0.2, -0.15) is 5.10 Å². The molecule has 1 aliphatic heterocycles. The third kappa shape index (κ3) is 3.01. The van der Waals surface area contributed by atoms with Crippen molar-refractivity contribution in [1.82, 2.24) is 14.7 Å². The molecule has 1 saturated heterocycles. The molecule has 0 saturated carbocycles. The number of para-hydroxylation sites is 1. The average Bonchev–Trinajstić information content (AvgIpc) is 3.30. The van der Waals surface area contributed by atoms with Crippen LogP contribution < -0.4 is 4.90 Å². The molecule has 1 fully saturated rings. The fraction of sp³-hybridized carbons (Fsp3) is 0.300. The predicted octanol–water partition coefficient (Wildman–Crippen LogP) is 3.51. The highest BCUT2D eigenvalue weighted by Gasteiger charge is 2.26. The smallest absolute Gasteiger partial charge is 0.264 e. The van der Waals surface area contributed by atoms with E-state index in [9.17, 15) is 4.79 Å². The molecule has 0 spiro atoms. The maximum atomic E-state index is 12.5. The lowest BCUT2D eigenvalue weighted by Gasteiger charge is -2.36. The van der Waals surface area contributed by atoms with Crippen molar-refractivity contribution in [3.63, 3.8) is 0 Å². The fourth-order valence-corrected chi connectivity index (χ4v) is 4.29. The number of aryl methyl sites for hydroxylation is 1. The van der Waals surface area contributed by atoms with Gasteiger partial charge in [0.2, 0.25) is 0 Å². The molecule has 1 amide bonds. The lowest BCUT2D eigenvalue weighted by atomic mass is 10.2. The Kier molecular flexibility index (Phi) is 4.51. The number of piperazine rings is 1. The number of benzene rings is 1. The molecule has 3 heterocycles. The third-order valence-electron chi connectivity index (χ3n) is 4.87. The van der Waals surface area contributed by atoms with Crippen LogP contribution in [0.4, 0.5) is 5.69 Å². The summed E-state index contributed by atoms with van der Waals surface area (Å²) >= 11 is 1.51. The van der Waals surface area contributed by atoms with Gasteiger partial charge >= 0.3 is 0 Å². The molecule has 5 nitrogen and oxygen atoms in total. The minimum absolute atomic E-state index is 0.146. The van der Waals surface area contributed by atoms with Crippen LogP contribution in [0, 0.1) is 13.8 Å². The van der Waals surface area contributed by atoms with E-state index in [1.54, 1.807) is 0 Å². The molecule has 4 rings (SSSR count). The first-order valence-electron chi connectivity index (χ1n) is 8.84. The monoisotopic (exact) mass is 366 g/mol. The zero-order valence-corrected chi connectivity index (χ0v) is 15.9. The molecule has 134 valence electrons. The SMILES string of the molecule is Cc1nn(-c2ccccc2)c(C)c1N1CCN(C(=O)c2cccs2)CC1. The number of carbonyl (C=O) groups excluding carboxylic acids is 1. The van der Waals surface area contributed by atoms with Crippen molar-refractivity contribution in [3.05, 3.63) is 64.1 Å². The molecule has 0 radical (unpaired) electrons. The van der Waals surface area contributed by atoms with Crippen molar-refractivity contribution < 1.29 is 4.79 Å². The molecule has 2 aromatic heterocycles. The van der Waals surface area contributed by atoms with Crippen molar-refractivity contribution in [2.45, 2.75) is 13.8 Å². The molecular weight excluding hydrogens is 344 g/mol. The largest absolute Gasteiger partial charge is 0.365 e. The van der Waals surface area contributed by atoms with Crippen LogP contribution in [0.2, 0.25) is 0 Å². The minimum Gasteiger partial charge on any atom is -0.365 e. The van der Waals surface area contributed by atoms with Crippen molar-refractivity contribution in [2.24, 2.45) is 0 Å². The van der Waals surface area contributed by atoms with Crippen molar-refractivity contribution >= 4 is 22.9 Å². The number of carbonyl (C=O) groups is 1. The van der Waals surface area contributed by atoms with Crippen LogP contribution in [0.15, 0.2) is 47.8 Å². The lowest BCUT2D eigenvalue weighted by Crippen LogP contribution is -2.49. The van der Waals surface area contributed by atoms with Crippen LogP contribution in [0.1, 0.15) is 21.1 Å². The first kappa shape index (κ1) is 16.8. The summed E-state index contributed by atoms with van der Waals surface area (Å²) in [5, 5.41) is 6.70. The molecule has 6 heteroatoms. The standard InChI is InChI=1S/C20H22N4OS/c1-15-19(16(2)24(21-15)17-7-4-3-5-8-17)22-10-12-23(13-11-22)20(25)18-9-6-14-26-18/h3-9,14H,10-13H2,1-2H3. The minimum atomic E-state index is 0.146. The molecule has 0 unspecified atom stereocenters. The number of thiophene rings is 1. The zero-order valence-electron chi connectivity index (χ0n) is 15.1. The van der Waals surface area contributed by atoms with E-state index in [1.165, 1.54) is 17.0 Å². The summed E-state index contributed by atoms with van der Waals surface area (Å²) in [6, 6.07) is 14.0. The number of hydrogen-bond acceptors (Lipinski definition) is 4. The Labute approximate surface area is 157 Å². The van der Waals surface area contributed by atoms with Gasteiger partial charge in [-0.05, 0) is 37.4 Å². The Morgan fingerprint density at radius 1 is 1.00 bits per heavy atom. The van der Waals surface area contributed by atoms with E-state index >= 15 is 0 Å². The van der Waals surface area contributed by atoms with Crippen LogP contribution >= 0.6 is 11.3 Å². The molecule has 26 heavy (non-hydrogen) atoms. The van der Waals surface area contributed by atoms with Crippen molar-refractivity contribution in [3.8, 4) is 5.69 Å². The maximum absolute atomic E-state index is 12.5. The van der Waals surface area contributed by atoms with E-state index in [4.69, 9.17) is 5.10 Å². The van der Waals surface area contributed by atoms with E-state index < -0.39 is 0 Å². The second-order valence-corrected chi connectivity index (χ2v) is 7.47. The maximum Gasteiger partial charge on any atom is 0.264 e. The van der Waals surface area contributed by atoms with E-state index in [2.05, 4.69) is 30.9 Å². The van der Waals surface area contributed by atoms with Gasteiger partial charge in [0.05, 0.1) is 27.6 Å². The second-order valence-electron chi connectivity index (χ2n) is 6.52. The Morgan fingerprint density at radius 2 is 1.73 bits per heavy atom. The summed E-state index contributed by atoms with van der Waals surface area (Å²) in [5.74, 6) is 0.146. The van der Waals surface area contributed by atoms with Crippen LogP contribution in [-0.4, -0.2) is 46.8 Å². The molecular formula is C20H22N4OS. The first-order chi connectivity index (χ1) is 12.6. The number of hydrogen-bond donors (Lipinski definition) is 0. The summed E-state index contributed by atoms with van der Waals surface area (Å²) in [4.78, 5) is 17.7. The highest BCUT2D eigenvalue weighted by molar-refractivity contribution is 7.12. The zero-order chi connectivity index (χ0) is 18.1. The third-order valence-corrected chi connectivity index (χ3v) is 5.73. The molecule has 0 N–H and O–H groups in total. The van der Waals surface area contributed by atoms with Gasteiger partial charge in [-0.1, -0.05) is 24.3 Å². The number of nitrogens with zero attached hydrogens (tertiary/aromatic N) is 4. The predicted molar refractivity (Wildman–Crippen MR) is 105 cm³/mol. The summed E-state index contributed by atoms with van der Waals surface area (Å²) in [5.41, 5.74) is 4.44. The van der Waals surface area contributed by atoms with E-state index in [0.717, 1.165) is 48.1 Å². The van der Waals surface area contributed by atoms with E-state index in [-0.39, 0.29) is 5.91 Å². The summed E-state index contributed by atoms with van der Waals surface area (Å²) in [6.45, 7) is 7.33. The number of anilines is 1. The van der Waals surface area contributed by atoms with Crippen molar-refractivity contribution in [2.75, 3.05) is 31.1 Å². The van der Waals surface area contributed by atoms with Crippen LogP contribution in [0.25, 0.3) is 5.69 Å². The highest BCUT2D eigenvalue weighted by atomic mass is 32.1. The number of amides is 1. The van der Waals surface area contributed by atoms with Gasteiger partial charge in [-0.25, -0.2) is 4.68 Å². The molecule has 0 bridgehead atoms. The molecule has 1 aliphatic rings. The molecule has 1 aromatic carbocycles. The van der Waals surface area contributed by atoms with Gasteiger partial charge in [0.1, 0.15) is 0 Å². The van der Waals surface area contributed by atoms with Gasteiger partial charge in [0, 0.05) is 26.2 Å². The van der Waals surface area contributed by atoms with Crippen LogP contribution in [0.3, 0.4) is 0 Å². The molecule has 0 atom stereocenters. The summed E-state index contributed by atoms with van der Waals surface area (Å²) in [7, 11) is 0. The van der Waals surface area contributed by atoms with E-state index in [1.807, 2.05) is 45.3 Å². The second kappa shape index (κ2) is 6.96. The van der Waals surface area contributed by atoms with Gasteiger partial charge in [0.15, 0.2) is 0 Å². The normalized spacial score (nSPS) is 14.7. The Morgan fingerprint density at radius 3 is 2.38 bits per heavy atom. The van der Waals surface area contributed by atoms with Crippen molar-refractivity contribution in [1.29, 1.82) is 0 Å². The average molecular weight is 366 g/mol. The number of aromatic nitrogens is 2. The van der Waals surface area contributed by atoms with Gasteiger partial charge in [-0.3, -0.25) is 4.79 Å². The summed E-state index contributed by atoms with van der Waals surface area (Å²) < 4.78 is 2.01. The Bertz CT molecular complexity index is 894. The number of rotatable bonds is 3.